The van der Waals surface area contributed by atoms with Gasteiger partial charge in [-0.1, -0.05) is 0 Å². The van der Waals surface area contributed by atoms with Crippen molar-refractivity contribution >= 4 is 11.7 Å². The molecule has 0 aliphatic carbocycles. The smallest absolute Gasteiger partial charge is 0.255 e. The summed E-state index contributed by atoms with van der Waals surface area (Å²) in [7, 11) is 0. The van der Waals surface area contributed by atoms with Crippen LogP contribution >= 0.6 is 0 Å². The van der Waals surface area contributed by atoms with E-state index in [9.17, 15) is 4.79 Å². The number of pyridine rings is 1. The molecule has 3 aliphatic heterocycles. The van der Waals surface area contributed by atoms with Crippen molar-refractivity contribution in [1.29, 1.82) is 0 Å². The molecular formula is C21H33N5O2. The predicted octanol–water partition coefficient (Wildman–Crippen LogP) is 1.53. The number of amides is 1. The molecule has 0 atom stereocenters. The number of nitrogens with zero attached hydrogens (tertiary/aromatic N) is 4. The molecule has 28 heavy (non-hydrogen) atoms. The molecule has 154 valence electrons. The van der Waals surface area contributed by atoms with Crippen molar-refractivity contribution in [3.05, 3.63) is 23.9 Å². The summed E-state index contributed by atoms with van der Waals surface area (Å²) in [5, 5.41) is 3.37. The highest BCUT2D eigenvalue weighted by Crippen LogP contribution is 2.19. The van der Waals surface area contributed by atoms with Crippen molar-refractivity contribution < 1.29 is 9.53 Å². The van der Waals surface area contributed by atoms with Crippen LogP contribution in [-0.2, 0) is 4.74 Å². The number of rotatable bonds is 6. The maximum absolute atomic E-state index is 12.8. The van der Waals surface area contributed by atoms with Crippen molar-refractivity contribution in [2.75, 3.05) is 70.9 Å². The van der Waals surface area contributed by atoms with Gasteiger partial charge in [0.25, 0.3) is 5.91 Å². The van der Waals surface area contributed by atoms with Crippen molar-refractivity contribution in [3.63, 3.8) is 0 Å². The van der Waals surface area contributed by atoms with E-state index in [2.05, 4.69) is 20.1 Å². The van der Waals surface area contributed by atoms with E-state index in [1.54, 1.807) is 6.20 Å². The average Bonchev–Trinajstić information content (AvgIpc) is 3.28. The molecule has 3 aliphatic rings. The van der Waals surface area contributed by atoms with E-state index in [0.29, 0.717) is 11.6 Å². The molecule has 7 heteroatoms. The van der Waals surface area contributed by atoms with Crippen LogP contribution in [0.2, 0.25) is 0 Å². The summed E-state index contributed by atoms with van der Waals surface area (Å²) < 4.78 is 5.45. The number of anilines is 1. The zero-order valence-electron chi connectivity index (χ0n) is 16.8. The largest absolute Gasteiger partial charge is 0.379 e. The van der Waals surface area contributed by atoms with E-state index < -0.39 is 0 Å². The quantitative estimate of drug-likeness (QED) is 0.799. The van der Waals surface area contributed by atoms with Gasteiger partial charge in [0.1, 0.15) is 5.82 Å². The van der Waals surface area contributed by atoms with Gasteiger partial charge in [0.15, 0.2) is 0 Å². The summed E-state index contributed by atoms with van der Waals surface area (Å²) >= 11 is 0. The van der Waals surface area contributed by atoms with Crippen molar-refractivity contribution in [1.82, 2.24) is 19.7 Å². The van der Waals surface area contributed by atoms with E-state index in [1.165, 1.54) is 25.9 Å². The fourth-order valence-corrected chi connectivity index (χ4v) is 4.53. The maximum Gasteiger partial charge on any atom is 0.255 e. The molecule has 1 aromatic heterocycles. The van der Waals surface area contributed by atoms with Gasteiger partial charge in [0, 0.05) is 51.5 Å². The molecule has 0 spiro atoms. The highest BCUT2D eigenvalue weighted by atomic mass is 16.5. The Balaban J connectivity index is 1.22. The minimum Gasteiger partial charge on any atom is -0.379 e. The Morgan fingerprint density at radius 3 is 2.50 bits per heavy atom. The molecule has 0 aromatic carbocycles. The lowest BCUT2D eigenvalue weighted by Crippen LogP contribution is -2.50. The number of likely N-dealkylation sites (tertiary alicyclic amines) is 2. The third kappa shape index (κ3) is 5.01. The Bertz CT molecular complexity index is 618. The van der Waals surface area contributed by atoms with Crippen molar-refractivity contribution in [2.24, 2.45) is 0 Å². The van der Waals surface area contributed by atoms with Crippen LogP contribution in [0.5, 0.6) is 0 Å². The molecule has 4 rings (SSSR count). The van der Waals surface area contributed by atoms with Crippen LogP contribution in [0.4, 0.5) is 5.82 Å². The van der Waals surface area contributed by atoms with Crippen LogP contribution in [0.15, 0.2) is 18.3 Å². The van der Waals surface area contributed by atoms with Gasteiger partial charge in [-0.2, -0.15) is 0 Å². The first-order valence-electron chi connectivity index (χ1n) is 10.8. The van der Waals surface area contributed by atoms with Gasteiger partial charge in [0.2, 0.25) is 0 Å². The summed E-state index contributed by atoms with van der Waals surface area (Å²) in [5.41, 5.74) is 0.690. The average molecular weight is 388 g/mol. The van der Waals surface area contributed by atoms with Gasteiger partial charge in [-0.15, -0.1) is 0 Å². The molecule has 1 amide bonds. The molecule has 1 aromatic rings. The summed E-state index contributed by atoms with van der Waals surface area (Å²) in [4.78, 5) is 24.2. The third-order valence-electron chi connectivity index (χ3n) is 6.26. The molecule has 3 saturated heterocycles. The molecule has 7 nitrogen and oxygen atoms in total. The van der Waals surface area contributed by atoms with Crippen LogP contribution in [0.1, 0.15) is 36.0 Å². The normalized spacial score (nSPS) is 22.5. The SMILES string of the molecule is O=C(c1ccc(NCCN2CCCC2)nc1)N1CCC(N2CCOCC2)CC1. The van der Waals surface area contributed by atoms with E-state index in [-0.39, 0.29) is 5.91 Å². The van der Waals surface area contributed by atoms with Crippen LogP contribution in [0, 0.1) is 0 Å². The zero-order chi connectivity index (χ0) is 19.2. The summed E-state index contributed by atoms with van der Waals surface area (Å²) in [5.74, 6) is 0.957. The highest BCUT2D eigenvalue weighted by Gasteiger charge is 2.28. The van der Waals surface area contributed by atoms with E-state index in [0.717, 1.165) is 71.1 Å². The monoisotopic (exact) mass is 387 g/mol. The molecule has 0 unspecified atom stereocenters. The molecule has 3 fully saturated rings. The van der Waals surface area contributed by atoms with Gasteiger partial charge in [-0.3, -0.25) is 9.69 Å². The van der Waals surface area contributed by atoms with Gasteiger partial charge in [0.05, 0.1) is 18.8 Å². The van der Waals surface area contributed by atoms with Crippen molar-refractivity contribution in [2.45, 2.75) is 31.7 Å². The van der Waals surface area contributed by atoms with Gasteiger partial charge < -0.3 is 19.9 Å². The Morgan fingerprint density at radius 1 is 1.07 bits per heavy atom. The predicted molar refractivity (Wildman–Crippen MR) is 110 cm³/mol. The number of ether oxygens (including phenoxy) is 1. The number of piperidine rings is 1. The number of carbonyl (C=O) groups is 1. The topological polar surface area (TPSA) is 60.9 Å². The fourth-order valence-electron chi connectivity index (χ4n) is 4.53. The number of hydrogen-bond donors (Lipinski definition) is 1. The van der Waals surface area contributed by atoms with Crippen LogP contribution in [0.3, 0.4) is 0 Å². The first kappa shape index (κ1) is 19.6. The summed E-state index contributed by atoms with van der Waals surface area (Å²) in [6, 6.07) is 4.42. The summed E-state index contributed by atoms with van der Waals surface area (Å²) in [6.07, 6.45) is 6.46. The van der Waals surface area contributed by atoms with Gasteiger partial charge in [-0.25, -0.2) is 4.98 Å². The standard InChI is InChI=1S/C21H33N5O2/c27-21(26-10-5-19(6-11-26)25-13-15-28-16-14-25)18-3-4-20(23-17-18)22-7-12-24-8-1-2-9-24/h3-4,17,19H,1-2,5-16H2,(H,22,23). The number of carbonyl (C=O) groups excluding carboxylic acids is 1. The van der Waals surface area contributed by atoms with E-state index in [1.807, 2.05) is 17.0 Å². The second-order valence-corrected chi connectivity index (χ2v) is 8.08. The molecular weight excluding hydrogens is 354 g/mol. The second kappa shape index (κ2) is 9.67. The number of morpholine rings is 1. The maximum atomic E-state index is 12.8. The minimum atomic E-state index is 0.108. The number of aromatic nitrogens is 1. The molecule has 4 heterocycles. The zero-order valence-corrected chi connectivity index (χ0v) is 16.8. The Hall–Kier alpha value is -1.70. The minimum absolute atomic E-state index is 0.108. The lowest BCUT2D eigenvalue weighted by molar-refractivity contribution is 0.00158. The first-order valence-corrected chi connectivity index (χ1v) is 10.8. The number of nitrogens with one attached hydrogen (secondary N) is 1. The van der Waals surface area contributed by atoms with Crippen LogP contribution in [-0.4, -0.2) is 97.2 Å². The van der Waals surface area contributed by atoms with Crippen molar-refractivity contribution in [3.8, 4) is 0 Å². The van der Waals surface area contributed by atoms with E-state index >= 15 is 0 Å². The molecule has 1 N–H and O–H groups in total. The van der Waals surface area contributed by atoms with Gasteiger partial charge >= 0.3 is 0 Å². The summed E-state index contributed by atoms with van der Waals surface area (Å²) in [6.45, 7) is 9.76. The molecule has 0 saturated carbocycles. The van der Waals surface area contributed by atoms with E-state index in [4.69, 9.17) is 4.74 Å². The lowest BCUT2D eigenvalue weighted by atomic mass is 10.0. The lowest BCUT2D eigenvalue weighted by Gasteiger charge is -2.40. The Kier molecular flexibility index (Phi) is 6.77. The third-order valence-corrected chi connectivity index (χ3v) is 6.26. The first-order chi connectivity index (χ1) is 13.8. The highest BCUT2D eigenvalue weighted by molar-refractivity contribution is 5.94. The van der Waals surface area contributed by atoms with Gasteiger partial charge in [-0.05, 0) is 50.9 Å². The van der Waals surface area contributed by atoms with Crippen LogP contribution in [0.25, 0.3) is 0 Å². The molecule has 0 radical (unpaired) electrons. The Morgan fingerprint density at radius 2 is 1.82 bits per heavy atom. The second-order valence-electron chi connectivity index (χ2n) is 8.08. The van der Waals surface area contributed by atoms with Crippen LogP contribution < -0.4 is 5.32 Å². The fraction of sp³-hybridized carbons (Fsp3) is 0.714. The Labute approximate surface area is 168 Å². The molecule has 0 bridgehead atoms. The number of hydrogen-bond acceptors (Lipinski definition) is 6.